The Bertz CT molecular complexity index is 1010. The van der Waals surface area contributed by atoms with E-state index in [-0.39, 0.29) is 5.91 Å². The molecule has 1 amide bonds. The zero-order valence-electron chi connectivity index (χ0n) is 18.0. The molecule has 31 heavy (non-hydrogen) atoms. The maximum Gasteiger partial charge on any atom is 0.251 e. The molecule has 3 aromatic rings. The maximum atomic E-state index is 12.6. The standard InChI is InChI=1S/C20H26N6O5/c1-28-8-6-21-18-14-11-25-26(19(14)24-12-23-18)7-5-22-20(27)13-9-15(29-2)17(31-4)16(10-13)30-3/h9-12H,5-8H2,1-4H3,(H,22,27)(H,21,23,24). The van der Waals surface area contributed by atoms with Crippen LogP contribution in [-0.4, -0.2) is 73.8 Å². The Morgan fingerprint density at radius 3 is 2.42 bits per heavy atom. The zero-order chi connectivity index (χ0) is 22.2. The number of carbonyl (C=O) groups is 1. The van der Waals surface area contributed by atoms with E-state index in [4.69, 9.17) is 18.9 Å². The number of anilines is 1. The van der Waals surface area contributed by atoms with Crippen LogP contribution in [0.4, 0.5) is 5.82 Å². The average Bonchev–Trinajstić information content (AvgIpc) is 3.22. The Hall–Kier alpha value is -3.60. The SMILES string of the molecule is COCCNc1ncnc2c1cnn2CCNC(=O)c1cc(OC)c(OC)c(OC)c1. The van der Waals surface area contributed by atoms with Gasteiger partial charge in [0.15, 0.2) is 17.1 Å². The summed E-state index contributed by atoms with van der Waals surface area (Å²) in [5.74, 6) is 1.67. The fourth-order valence-corrected chi connectivity index (χ4v) is 3.06. The number of ether oxygens (including phenoxy) is 4. The molecular weight excluding hydrogens is 404 g/mol. The van der Waals surface area contributed by atoms with Gasteiger partial charge in [-0.3, -0.25) is 4.79 Å². The maximum absolute atomic E-state index is 12.6. The van der Waals surface area contributed by atoms with Crippen molar-refractivity contribution in [3.63, 3.8) is 0 Å². The first-order valence-electron chi connectivity index (χ1n) is 9.60. The largest absolute Gasteiger partial charge is 0.493 e. The summed E-state index contributed by atoms with van der Waals surface area (Å²) in [6.45, 7) is 1.97. The average molecular weight is 430 g/mol. The lowest BCUT2D eigenvalue weighted by Gasteiger charge is -2.14. The van der Waals surface area contributed by atoms with Crippen molar-refractivity contribution in [2.45, 2.75) is 6.54 Å². The van der Waals surface area contributed by atoms with Crippen LogP contribution in [0.2, 0.25) is 0 Å². The first-order valence-corrected chi connectivity index (χ1v) is 9.60. The van der Waals surface area contributed by atoms with Crippen molar-refractivity contribution in [3.05, 3.63) is 30.2 Å². The highest BCUT2D eigenvalue weighted by molar-refractivity contribution is 5.95. The molecule has 0 atom stereocenters. The minimum atomic E-state index is -0.271. The van der Waals surface area contributed by atoms with Crippen LogP contribution in [0.15, 0.2) is 24.7 Å². The van der Waals surface area contributed by atoms with Gasteiger partial charge in [-0.15, -0.1) is 0 Å². The number of rotatable bonds is 11. The molecule has 2 aromatic heterocycles. The van der Waals surface area contributed by atoms with E-state index in [0.717, 1.165) is 5.39 Å². The number of aromatic nitrogens is 4. The van der Waals surface area contributed by atoms with Crippen molar-refractivity contribution < 1.29 is 23.7 Å². The van der Waals surface area contributed by atoms with Crippen molar-refractivity contribution in [2.24, 2.45) is 0 Å². The molecule has 0 aliphatic rings. The van der Waals surface area contributed by atoms with Gasteiger partial charge in [-0.1, -0.05) is 0 Å². The van der Waals surface area contributed by atoms with Crippen LogP contribution >= 0.6 is 0 Å². The van der Waals surface area contributed by atoms with Crippen molar-refractivity contribution in [1.82, 2.24) is 25.1 Å². The number of amides is 1. The number of nitrogens with zero attached hydrogens (tertiary/aromatic N) is 4. The number of nitrogens with one attached hydrogen (secondary N) is 2. The summed E-state index contributed by atoms with van der Waals surface area (Å²) in [7, 11) is 6.16. The number of hydrogen-bond acceptors (Lipinski definition) is 9. The van der Waals surface area contributed by atoms with Gasteiger partial charge in [0.2, 0.25) is 5.75 Å². The molecule has 0 radical (unpaired) electrons. The zero-order valence-corrected chi connectivity index (χ0v) is 18.0. The third-order valence-corrected chi connectivity index (χ3v) is 4.57. The van der Waals surface area contributed by atoms with E-state index < -0.39 is 0 Å². The highest BCUT2D eigenvalue weighted by atomic mass is 16.5. The molecule has 2 N–H and O–H groups in total. The Kier molecular flexibility index (Phi) is 7.44. The molecule has 0 bridgehead atoms. The molecule has 166 valence electrons. The molecule has 0 fully saturated rings. The number of methoxy groups -OCH3 is 4. The van der Waals surface area contributed by atoms with Gasteiger partial charge < -0.3 is 29.6 Å². The van der Waals surface area contributed by atoms with Crippen LogP contribution < -0.4 is 24.8 Å². The number of carbonyl (C=O) groups excluding carboxylic acids is 1. The molecule has 3 rings (SSSR count). The van der Waals surface area contributed by atoms with Crippen molar-refractivity contribution >= 4 is 22.8 Å². The van der Waals surface area contributed by atoms with Crippen LogP contribution in [0.1, 0.15) is 10.4 Å². The van der Waals surface area contributed by atoms with E-state index in [1.165, 1.54) is 27.7 Å². The Balaban J connectivity index is 1.67. The van der Waals surface area contributed by atoms with Gasteiger partial charge in [-0.05, 0) is 12.1 Å². The summed E-state index contributed by atoms with van der Waals surface area (Å²) in [5, 5.41) is 11.2. The second kappa shape index (κ2) is 10.4. The van der Waals surface area contributed by atoms with E-state index in [2.05, 4.69) is 25.7 Å². The quantitative estimate of drug-likeness (QED) is 0.434. The minimum Gasteiger partial charge on any atom is -0.493 e. The summed E-state index contributed by atoms with van der Waals surface area (Å²) in [6, 6.07) is 3.20. The molecule has 1 aromatic carbocycles. The molecule has 0 saturated carbocycles. The van der Waals surface area contributed by atoms with Crippen LogP contribution in [0.5, 0.6) is 17.2 Å². The van der Waals surface area contributed by atoms with Gasteiger partial charge in [-0.2, -0.15) is 5.10 Å². The van der Waals surface area contributed by atoms with Crippen molar-refractivity contribution in [2.75, 3.05) is 53.5 Å². The molecule has 0 aliphatic heterocycles. The highest BCUT2D eigenvalue weighted by Gasteiger charge is 2.17. The number of fused-ring (bicyclic) bond motifs is 1. The van der Waals surface area contributed by atoms with Gasteiger partial charge in [-0.25, -0.2) is 14.6 Å². The summed E-state index contributed by atoms with van der Waals surface area (Å²) < 4.78 is 22.6. The van der Waals surface area contributed by atoms with Gasteiger partial charge in [0.25, 0.3) is 5.91 Å². The minimum absolute atomic E-state index is 0.271. The van der Waals surface area contributed by atoms with Crippen LogP contribution in [0.3, 0.4) is 0 Å². The van der Waals surface area contributed by atoms with Crippen molar-refractivity contribution in [3.8, 4) is 17.2 Å². The van der Waals surface area contributed by atoms with E-state index in [0.29, 0.717) is 60.5 Å². The van der Waals surface area contributed by atoms with E-state index in [9.17, 15) is 4.79 Å². The van der Waals surface area contributed by atoms with Gasteiger partial charge in [0.1, 0.15) is 12.1 Å². The summed E-state index contributed by atoms with van der Waals surface area (Å²) in [5.41, 5.74) is 1.07. The Morgan fingerprint density at radius 1 is 1.03 bits per heavy atom. The number of hydrogen-bond donors (Lipinski definition) is 2. The Morgan fingerprint density at radius 2 is 1.77 bits per heavy atom. The first-order chi connectivity index (χ1) is 15.1. The molecule has 0 saturated heterocycles. The molecule has 0 spiro atoms. The lowest BCUT2D eigenvalue weighted by Crippen LogP contribution is -2.27. The fourth-order valence-electron chi connectivity index (χ4n) is 3.06. The predicted octanol–water partition coefficient (Wildman–Crippen LogP) is 1.34. The van der Waals surface area contributed by atoms with Crippen LogP contribution in [0, 0.1) is 0 Å². The van der Waals surface area contributed by atoms with Gasteiger partial charge >= 0.3 is 0 Å². The molecule has 11 heteroatoms. The highest BCUT2D eigenvalue weighted by Crippen LogP contribution is 2.38. The molecule has 2 heterocycles. The second-order valence-corrected chi connectivity index (χ2v) is 6.42. The summed E-state index contributed by atoms with van der Waals surface area (Å²) in [4.78, 5) is 21.2. The first kappa shape index (κ1) is 22.1. The van der Waals surface area contributed by atoms with Crippen LogP contribution in [-0.2, 0) is 11.3 Å². The fraction of sp³-hybridized carbons (Fsp3) is 0.400. The summed E-state index contributed by atoms with van der Waals surface area (Å²) >= 11 is 0. The lowest BCUT2D eigenvalue weighted by molar-refractivity contribution is 0.0951. The van der Waals surface area contributed by atoms with Gasteiger partial charge in [0.05, 0.1) is 46.1 Å². The third-order valence-electron chi connectivity index (χ3n) is 4.57. The van der Waals surface area contributed by atoms with Crippen molar-refractivity contribution in [1.29, 1.82) is 0 Å². The lowest BCUT2D eigenvalue weighted by atomic mass is 10.1. The Labute approximate surface area is 179 Å². The third kappa shape index (κ3) is 4.94. The molecular formula is C20H26N6O5. The monoisotopic (exact) mass is 430 g/mol. The topological polar surface area (TPSA) is 122 Å². The van der Waals surface area contributed by atoms with E-state index >= 15 is 0 Å². The smallest absolute Gasteiger partial charge is 0.251 e. The van der Waals surface area contributed by atoms with Gasteiger partial charge in [0, 0.05) is 25.8 Å². The normalized spacial score (nSPS) is 10.7. The van der Waals surface area contributed by atoms with Crippen LogP contribution in [0.25, 0.3) is 11.0 Å². The predicted molar refractivity (Wildman–Crippen MR) is 114 cm³/mol. The van der Waals surface area contributed by atoms with E-state index in [1.807, 2.05) is 0 Å². The number of benzene rings is 1. The van der Waals surface area contributed by atoms with E-state index in [1.54, 1.807) is 30.1 Å². The summed E-state index contributed by atoms with van der Waals surface area (Å²) in [6.07, 6.45) is 3.18. The molecule has 0 aliphatic carbocycles. The molecule has 0 unspecified atom stereocenters. The molecule has 11 nitrogen and oxygen atoms in total. The second-order valence-electron chi connectivity index (χ2n) is 6.42.